The zero-order valence-electron chi connectivity index (χ0n) is 11.1. The molecule has 1 atom stereocenters. The summed E-state index contributed by atoms with van der Waals surface area (Å²) in [5.41, 5.74) is 0.947. The van der Waals surface area contributed by atoms with E-state index in [1.54, 1.807) is 0 Å². The lowest BCUT2D eigenvalue weighted by Crippen LogP contribution is -2.25. The van der Waals surface area contributed by atoms with Gasteiger partial charge in [0.05, 0.1) is 5.69 Å². The van der Waals surface area contributed by atoms with Crippen molar-refractivity contribution >= 4 is 11.7 Å². The smallest absolute Gasteiger partial charge is 0.228 e. The number of hydrogen-bond acceptors (Lipinski definition) is 2. The number of hydrogen-bond donors (Lipinski definition) is 1. The van der Waals surface area contributed by atoms with Crippen LogP contribution in [0.25, 0.3) is 0 Å². The molecule has 18 heavy (non-hydrogen) atoms. The lowest BCUT2D eigenvalue weighted by Gasteiger charge is -2.17. The van der Waals surface area contributed by atoms with Crippen LogP contribution in [-0.4, -0.2) is 15.7 Å². The van der Waals surface area contributed by atoms with Gasteiger partial charge in [-0.1, -0.05) is 19.1 Å². The zero-order chi connectivity index (χ0) is 13.0. The van der Waals surface area contributed by atoms with Crippen LogP contribution < -0.4 is 5.32 Å². The third-order valence-corrected chi connectivity index (χ3v) is 3.23. The van der Waals surface area contributed by atoms with Gasteiger partial charge in [0, 0.05) is 18.5 Å². The third-order valence-electron chi connectivity index (χ3n) is 3.23. The van der Waals surface area contributed by atoms with Crippen molar-refractivity contribution in [3.8, 4) is 0 Å². The van der Waals surface area contributed by atoms with E-state index in [0.717, 1.165) is 43.7 Å². The number of nitrogens with one attached hydrogen (secondary N) is 1. The molecule has 1 heterocycles. The quantitative estimate of drug-likeness (QED) is 0.832. The Morgan fingerprint density at radius 2 is 2.39 bits per heavy atom. The molecule has 0 spiro atoms. The largest absolute Gasteiger partial charge is 0.311 e. The van der Waals surface area contributed by atoms with E-state index >= 15 is 0 Å². The number of aromatic nitrogens is 2. The van der Waals surface area contributed by atoms with Crippen molar-refractivity contribution in [2.75, 3.05) is 5.32 Å². The predicted octanol–water partition coefficient (Wildman–Crippen LogP) is 2.90. The van der Waals surface area contributed by atoms with E-state index < -0.39 is 0 Å². The summed E-state index contributed by atoms with van der Waals surface area (Å²) >= 11 is 0. The molecule has 2 rings (SSSR count). The lowest BCUT2D eigenvalue weighted by atomic mass is 9.94. The van der Waals surface area contributed by atoms with E-state index in [4.69, 9.17) is 0 Å². The van der Waals surface area contributed by atoms with Crippen LogP contribution in [0.3, 0.4) is 0 Å². The maximum Gasteiger partial charge on any atom is 0.228 e. The highest BCUT2D eigenvalue weighted by Crippen LogP contribution is 2.20. The standard InChI is InChI=1S/C14H21N3O/c1-3-9-17-13(10-11(2)16-17)15-14(18)12-7-5-4-6-8-12/h4-5,10,12H,3,6-9H2,1-2H3,(H,15,18)/t12-/m1/s1. The maximum absolute atomic E-state index is 12.1. The van der Waals surface area contributed by atoms with Crippen molar-refractivity contribution in [1.82, 2.24) is 9.78 Å². The van der Waals surface area contributed by atoms with Crippen LogP contribution in [0.2, 0.25) is 0 Å². The predicted molar refractivity (Wildman–Crippen MR) is 72.4 cm³/mol. The summed E-state index contributed by atoms with van der Waals surface area (Å²) < 4.78 is 1.88. The van der Waals surface area contributed by atoms with Gasteiger partial charge in [-0.05, 0) is 32.6 Å². The molecule has 0 saturated carbocycles. The first kappa shape index (κ1) is 12.9. The number of nitrogens with zero attached hydrogens (tertiary/aromatic N) is 2. The van der Waals surface area contributed by atoms with E-state index in [9.17, 15) is 4.79 Å². The van der Waals surface area contributed by atoms with Crippen molar-refractivity contribution in [3.63, 3.8) is 0 Å². The molecule has 1 aliphatic rings. The Balaban J connectivity index is 2.03. The zero-order valence-corrected chi connectivity index (χ0v) is 11.1. The molecule has 1 aromatic rings. The molecule has 0 fully saturated rings. The van der Waals surface area contributed by atoms with Gasteiger partial charge in [0.2, 0.25) is 5.91 Å². The summed E-state index contributed by atoms with van der Waals surface area (Å²) in [5.74, 6) is 1.06. The summed E-state index contributed by atoms with van der Waals surface area (Å²) in [4.78, 5) is 12.1. The molecular weight excluding hydrogens is 226 g/mol. The molecule has 1 aliphatic carbocycles. The third kappa shape index (κ3) is 3.00. The number of anilines is 1. The average Bonchev–Trinajstić information content (AvgIpc) is 2.71. The molecule has 0 aliphatic heterocycles. The normalized spacial score (nSPS) is 18.9. The van der Waals surface area contributed by atoms with Gasteiger partial charge in [-0.15, -0.1) is 0 Å². The SMILES string of the molecule is CCCn1nc(C)cc1NC(=O)[C@@H]1CC=CCC1. The number of allylic oxidation sites excluding steroid dienone is 2. The van der Waals surface area contributed by atoms with Crippen molar-refractivity contribution in [2.45, 2.75) is 46.1 Å². The fourth-order valence-electron chi connectivity index (χ4n) is 2.29. The van der Waals surface area contributed by atoms with Gasteiger partial charge in [-0.25, -0.2) is 4.68 Å². The Kier molecular flexibility index (Phi) is 4.18. The molecule has 1 amide bonds. The van der Waals surface area contributed by atoms with Crippen LogP contribution in [-0.2, 0) is 11.3 Å². The van der Waals surface area contributed by atoms with Crippen molar-refractivity contribution in [1.29, 1.82) is 0 Å². The minimum atomic E-state index is 0.111. The number of rotatable bonds is 4. The monoisotopic (exact) mass is 247 g/mol. The summed E-state index contributed by atoms with van der Waals surface area (Å²) in [6.45, 7) is 4.90. The van der Waals surface area contributed by atoms with Gasteiger partial charge < -0.3 is 5.32 Å². The topological polar surface area (TPSA) is 46.9 Å². The van der Waals surface area contributed by atoms with Gasteiger partial charge in [-0.2, -0.15) is 5.10 Å². The molecule has 1 aromatic heterocycles. The summed E-state index contributed by atoms with van der Waals surface area (Å²) in [6, 6.07) is 1.94. The molecule has 0 radical (unpaired) electrons. The van der Waals surface area contributed by atoms with E-state index in [1.807, 2.05) is 17.7 Å². The van der Waals surface area contributed by atoms with E-state index in [1.165, 1.54) is 0 Å². The fraction of sp³-hybridized carbons (Fsp3) is 0.571. The second-order valence-corrected chi connectivity index (χ2v) is 4.86. The van der Waals surface area contributed by atoms with Crippen LogP contribution in [0.5, 0.6) is 0 Å². The Labute approximate surface area is 108 Å². The molecule has 0 bridgehead atoms. The molecule has 1 N–H and O–H groups in total. The molecule has 0 unspecified atom stereocenters. The average molecular weight is 247 g/mol. The number of aryl methyl sites for hydroxylation is 2. The highest BCUT2D eigenvalue weighted by molar-refractivity contribution is 5.92. The van der Waals surface area contributed by atoms with E-state index in [0.29, 0.717) is 0 Å². The maximum atomic E-state index is 12.1. The Hall–Kier alpha value is -1.58. The van der Waals surface area contributed by atoms with Crippen LogP contribution in [0.1, 0.15) is 38.3 Å². The number of amides is 1. The van der Waals surface area contributed by atoms with Crippen molar-refractivity contribution in [3.05, 3.63) is 23.9 Å². The molecule has 4 nitrogen and oxygen atoms in total. The van der Waals surface area contributed by atoms with Crippen molar-refractivity contribution in [2.24, 2.45) is 5.92 Å². The minimum absolute atomic E-state index is 0.111. The van der Waals surface area contributed by atoms with Crippen LogP contribution in [0, 0.1) is 12.8 Å². The van der Waals surface area contributed by atoms with Crippen molar-refractivity contribution < 1.29 is 4.79 Å². The number of carbonyl (C=O) groups is 1. The van der Waals surface area contributed by atoms with Gasteiger partial charge in [-0.3, -0.25) is 4.79 Å². The minimum Gasteiger partial charge on any atom is -0.311 e. The van der Waals surface area contributed by atoms with E-state index in [-0.39, 0.29) is 11.8 Å². The molecular formula is C14H21N3O. The van der Waals surface area contributed by atoms with Gasteiger partial charge >= 0.3 is 0 Å². The first-order valence-electron chi connectivity index (χ1n) is 6.71. The Morgan fingerprint density at radius 1 is 1.56 bits per heavy atom. The first-order valence-corrected chi connectivity index (χ1v) is 6.71. The Morgan fingerprint density at radius 3 is 3.06 bits per heavy atom. The molecule has 0 aromatic carbocycles. The van der Waals surface area contributed by atoms with Crippen LogP contribution in [0.15, 0.2) is 18.2 Å². The Bertz CT molecular complexity index is 448. The molecule has 0 saturated heterocycles. The van der Waals surface area contributed by atoms with Crippen LogP contribution >= 0.6 is 0 Å². The number of carbonyl (C=O) groups excluding carboxylic acids is 1. The lowest BCUT2D eigenvalue weighted by molar-refractivity contribution is -0.120. The summed E-state index contributed by atoms with van der Waals surface area (Å²) in [5, 5.41) is 7.40. The summed E-state index contributed by atoms with van der Waals surface area (Å²) in [6.07, 6.45) is 8.06. The van der Waals surface area contributed by atoms with Gasteiger partial charge in [0.1, 0.15) is 5.82 Å². The summed E-state index contributed by atoms with van der Waals surface area (Å²) in [7, 11) is 0. The first-order chi connectivity index (χ1) is 8.70. The van der Waals surface area contributed by atoms with E-state index in [2.05, 4.69) is 29.5 Å². The second-order valence-electron chi connectivity index (χ2n) is 4.86. The highest BCUT2D eigenvalue weighted by atomic mass is 16.2. The van der Waals surface area contributed by atoms with Gasteiger partial charge in [0.15, 0.2) is 0 Å². The highest BCUT2D eigenvalue weighted by Gasteiger charge is 2.20. The molecule has 98 valence electrons. The molecule has 4 heteroatoms. The second kappa shape index (κ2) is 5.85. The van der Waals surface area contributed by atoms with Crippen LogP contribution in [0.4, 0.5) is 5.82 Å². The fourth-order valence-corrected chi connectivity index (χ4v) is 2.29. The van der Waals surface area contributed by atoms with Gasteiger partial charge in [0.25, 0.3) is 0 Å².